The molecule has 2 aliphatic rings. The first-order valence-corrected chi connectivity index (χ1v) is 16.0. The van der Waals surface area contributed by atoms with Crippen molar-refractivity contribution < 1.29 is 45.3 Å². The Hall–Kier alpha value is -3.69. The van der Waals surface area contributed by atoms with Crippen LogP contribution in [0.4, 0.5) is 26.3 Å². The van der Waals surface area contributed by atoms with Crippen LogP contribution in [0.2, 0.25) is 0 Å². The highest BCUT2D eigenvalue weighted by atomic mass is 19.2. The van der Waals surface area contributed by atoms with Gasteiger partial charge in [0.05, 0.1) is 18.8 Å². The molecule has 0 spiro atoms. The van der Waals surface area contributed by atoms with Crippen molar-refractivity contribution in [3.8, 4) is 22.6 Å². The van der Waals surface area contributed by atoms with E-state index >= 15 is 8.78 Å². The Morgan fingerprint density at radius 2 is 1.17 bits per heavy atom. The fourth-order valence-corrected chi connectivity index (χ4v) is 6.90. The molecule has 5 rings (SSSR count). The first-order valence-electron chi connectivity index (χ1n) is 16.0. The molecule has 2 aliphatic carbocycles. The second-order valence-corrected chi connectivity index (χ2v) is 12.1. The van der Waals surface area contributed by atoms with E-state index in [4.69, 9.17) is 14.2 Å². The van der Waals surface area contributed by atoms with Gasteiger partial charge in [-0.2, -0.15) is 8.78 Å². The molecular formula is C36H38F6O4. The zero-order valence-electron chi connectivity index (χ0n) is 26.0. The molecule has 4 nitrogen and oxygen atoms in total. The summed E-state index contributed by atoms with van der Waals surface area (Å²) in [6, 6.07) is 7.40. The average Bonchev–Trinajstić information content (AvgIpc) is 3.06. The number of rotatable bonds is 10. The standard InChI is InChI=1S/C36H38F6O4/c1-3-19-45-29-18-16-26(32(39)35(29)42)25-13-14-27(33(40)31(25)38)36(43)46-23-11-9-21(10-12-23)20-5-7-22(8-6-20)24-15-17-28(44-4-2)34(41)30(24)37/h13-18,20-23H,3-12,19H2,1-2H3. The molecule has 0 atom stereocenters. The Morgan fingerprint density at radius 1 is 0.630 bits per heavy atom. The number of hydrogen-bond donors (Lipinski definition) is 0. The summed E-state index contributed by atoms with van der Waals surface area (Å²) in [6.07, 6.45) is 6.06. The third-order valence-corrected chi connectivity index (χ3v) is 9.35. The number of ether oxygens (including phenoxy) is 3. The van der Waals surface area contributed by atoms with E-state index in [-0.39, 0.29) is 30.6 Å². The second kappa shape index (κ2) is 14.8. The van der Waals surface area contributed by atoms with Crippen molar-refractivity contribution in [3.05, 3.63) is 82.4 Å². The maximum atomic E-state index is 15.0. The molecule has 0 heterocycles. The van der Waals surface area contributed by atoms with Crippen LogP contribution in [-0.4, -0.2) is 25.3 Å². The summed E-state index contributed by atoms with van der Waals surface area (Å²) in [5, 5.41) is 0. The number of halogens is 6. The van der Waals surface area contributed by atoms with Gasteiger partial charge in [-0.25, -0.2) is 22.4 Å². The lowest BCUT2D eigenvalue weighted by molar-refractivity contribution is 0.0109. The normalized spacial score (nSPS) is 21.6. The smallest absolute Gasteiger partial charge is 0.341 e. The lowest BCUT2D eigenvalue weighted by Gasteiger charge is -2.37. The summed E-state index contributed by atoms with van der Waals surface area (Å²) in [6.45, 7) is 3.92. The quantitative estimate of drug-likeness (QED) is 0.162. The first kappa shape index (κ1) is 33.7. The zero-order valence-corrected chi connectivity index (χ0v) is 26.0. The summed E-state index contributed by atoms with van der Waals surface area (Å²) >= 11 is 0. The van der Waals surface area contributed by atoms with Crippen molar-refractivity contribution in [2.75, 3.05) is 13.2 Å². The van der Waals surface area contributed by atoms with Crippen LogP contribution in [0.1, 0.15) is 93.5 Å². The van der Waals surface area contributed by atoms with Crippen LogP contribution in [0.25, 0.3) is 11.1 Å². The number of esters is 1. The zero-order chi connectivity index (χ0) is 33.0. The molecule has 0 N–H and O–H groups in total. The predicted molar refractivity (Wildman–Crippen MR) is 161 cm³/mol. The third kappa shape index (κ3) is 7.00. The number of carbonyl (C=O) groups excluding carboxylic acids is 1. The van der Waals surface area contributed by atoms with E-state index in [1.54, 1.807) is 19.9 Å². The van der Waals surface area contributed by atoms with Crippen molar-refractivity contribution >= 4 is 5.97 Å². The van der Waals surface area contributed by atoms with E-state index in [9.17, 15) is 22.4 Å². The van der Waals surface area contributed by atoms with Crippen LogP contribution in [0.5, 0.6) is 11.5 Å². The SMILES string of the molecule is CCCOc1ccc(-c2ccc(C(=O)OC3CCC(C4CCC(c5ccc(OCC)c(F)c5F)CC4)CC3)c(F)c2F)c(F)c1F. The molecule has 3 aromatic carbocycles. The van der Waals surface area contributed by atoms with Gasteiger partial charge in [0.2, 0.25) is 11.6 Å². The van der Waals surface area contributed by atoms with Crippen molar-refractivity contribution in [2.45, 2.75) is 83.7 Å². The highest BCUT2D eigenvalue weighted by molar-refractivity contribution is 5.90. The molecule has 0 aliphatic heterocycles. The van der Waals surface area contributed by atoms with Crippen LogP contribution < -0.4 is 9.47 Å². The van der Waals surface area contributed by atoms with Crippen LogP contribution in [0, 0.1) is 46.7 Å². The molecule has 2 fully saturated rings. The summed E-state index contributed by atoms with van der Waals surface area (Å²) in [5.41, 5.74) is -1.26. The molecular weight excluding hydrogens is 610 g/mol. The van der Waals surface area contributed by atoms with Crippen LogP contribution in [0.15, 0.2) is 36.4 Å². The molecule has 2 saturated carbocycles. The van der Waals surface area contributed by atoms with Crippen molar-refractivity contribution in [1.82, 2.24) is 0 Å². The largest absolute Gasteiger partial charge is 0.491 e. The lowest BCUT2D eigenvalue weighted by Crippen LogP contribution is -2.30. The molecule has 10 heteroatoms. The summed E-state index contributed by atoms with van der Waals surface area (Å²) < 4.78 is 104. The summed E-state index contributed by atoms with van der Waals surface area (Å²) in [7, 11) is 0. The first-order chi connectivity index (χ1) is 22.1. The highest BCUT2D eigenvalue weighted by Crippen LogP contribution is 2.44. The second-order valence-electron chi connectivity index (χ2n) is 12.1. The minimum Gasteiger partial charge on any atom is -0.491 e. The van der Waals surface area contributed by atoms with Crippen molar-refractivity contribution in [2.24, 2.45) is 11.8 Å². The topological polar surface area (TPSA) is 44.8 Å². The van der Waals surface area contributed by atoms with Gasteiger partial charge in [-0.05, 0) is 112 Å². The van der Waals surface area contributed by atoms with Crippen LogP contribution >= 0.6 is 0 Å². The minimum absolute atomic E-state index is 0.0601. The van der Waals surface area contributed by atoms with Gasteiger partial charge in [-0.1, -0.05) is 19.1 Å². The van der Waals surface area contributed by atoms with Gasteiger partial charge in [0.1, 0.15) is 6.10 Å². The molecule has 0 aromatic heterocycles. The van der Waals surface area contributed by atoms with Gasteiger partial charge in [0.15, 0.2) is 34.8 Å². The predicted octanol–water partition coefficient (Wildman–Crippen LogP) is 10.1. The fourth-order valence-electron chi connectivity index (χ4n) is 6.90. The molecule has 0 radical (unpaired) electrons. The number of hydrogen-bond acceptors (Lipinski definition) is 4. The summed E-state index contributed by atoms with van der Waals surface area (Å²) in [4.78, 5) is 12.8. The Bertz CT molecular complexity index is 1540. The molecule has 248 valence electrons. The van der Waals surface area contributed by atoms with E-state index in [1.807, 2.05) is 0 Å². The van der Waals surface area contributed by atoms with Gasteiger partial charge >= 0.3 is 5.97 Å². The van der Waals surface area contributed by atoms with Gasteiger partial charge < -0.3 is 14.2 Å². The monoisotopic (exact) mass is 648 g/mol. The minimum atomic E-state index is -1.50. The van der Waals surface area contributed by atoms with Gasteiger partial charge in [0.25, 0.3) is 0 Å². The van der Waals surface area contributed by atoms with Crippen molar-refractivity contribution in [3.63, 3.8) is 0 Å². The van der Waals surface area contributed by atoms with E-state index in [1.165, 1.54) is 6.07 Å². The highest BCUT2D eigenvalue weighted by Gasteiger charge is 2.34. The maximum Gasteiger partial charge on any atom is 0.341 e. The summed E-state index contributed by atoms with van der Waals surface area (Å²) in [5.74, 6) is -8.14. The molecule has 0 amide bonds. The molecule has 46 heavy (non-hydrogen) atoms. The van der Waals surface area contributed by atoms with Gasteiger partial charge in [0, 0.05) is 11.1 Å². The van der Waals surface area contributed by atoms with E-state index in [0.717, 1.165) is 62.8 Å². The van der Waals surface area contributed by atoms with Gasteiger partial charge in [-0.3, -0.25) is 0 Å². The Balaban J connectivity index is 1.15. The van der Waals surface area contributed by atoms with E-state index in [0.29, 0.717) is 36.7 Å². The van der Waals surface area contributed by atoms with Crippen LogP contribution in [0.3, 0.4) is 0 Å². The number of benzene rings is 3. The fraction of sp³-hybridized carbons (Fsp3) is 0.472. The lowest BCUT2D eigenvalue weighted by atomic mass is 9.69. The Kier molecular flexibility index (Phi) is 10.8. The van der Waals surface area contributed by atoms with Gasteiger partial charge in [-0.15, -0.1) is 0 Å². The molecule has 0 unspecified atom stereocenters. The Morgan fingerprint density at radius 3 is 1.80 bits per heavy atom. The van der Waals surface area contributed by atoms with Crippen molar-refractivity contribution in [1.29, 1.82) is 0 Å². The maximum absolute atomic E-state index is 15.0. The van der Waals surface area contributed by atoms with E-state index in [2.05, 4.69) is 0 Å². The average molecular weight is 649 g/mol. The molecule has 0 saturated heterocycles. The van der Waals surface area contributed by atoms with E-state index < -0.39 is 63.7 Å². The molecule has 0 bridgehead atoms. The number of carbonyl (C=O) groups is 1. The Labute approximate surface area is 265 Å². The molecule has 3 aromatic rings. The van der Waals surface area contributed by atoms with Crippen LogP contribution in [-0.2, 0) is 4.74 Å². The third-order valence-electron chi connectivity index (χ3n) is 9.35.